The van der Waals surface area contributed by atoms with Crippen molar-refractivity contribution < 1.29 is 14.6 Å². The first-order valence-corrected chi connectivity index (χ1v) is 7.50. The van der Waals surface area contributed by atoms with Gasteiger partial charge in [0.1, 0.15) is 11.3 Å². The zero-order valence-electron chi connectivity index (χ0n) is 11.6. The van der Waals surface area contributed by atoms with E-state index in [1.807, 2.05) is 0 Å². The standard InChI is InChI=1S/C16H10N2O4S/c17-16-18-8-2-4-12-14(15(8)23-16)11(21)6-13(22-12)7-1-3-9(19)10(20)5-7/h1-6,19-20H,(H2,17,18). The molecule has 6 nitrogen and oxygen atoms in total. The Balaban J connectivity index is 2.02. The van der Waals surface area contributed by atoms with Crippen LogP contribution in [0.3, 0.4) is 0 Å². The molecule has 2 heterocycles. The molecule has 0 atom stereocenters. The number of benzene rings is 2. The molecule has 2 aromatic heterocycles. The summed E-state index contributed by atoms with van der Waals surface area (Å²) in [7, 11) is 0. The smallest absolute Gasteiger partial charge is 0.194 e. The monoisotopic (exact) mass is 326 g/mol. The Kier molecular flexibility index (Phi) is 2.79. The number of nitrogens with two attached hydrogens (primary N) is 1. The van der Waals surface area contributed by atoms with Gasteiger partial charge in [-0.2, -0.15) is 0 Å². The number of aromatic nitrogens is 1. The predicted octanol–water partition coefficient (Wildman–Crippen LogP) is 3.06. The van der Waals surface area contributed by atoms with Gasteiger partial charge in [0, 0.05) is 11.6 Å². The van der Waals surface area contributed by atoms with Crippen molar-refractivity contribution in [2.75, 3.05) is 5.73 Å². The zero-order chi connectivity index (χ0) is 16.1. The maximum atomic E-state index is 12.5. The van der Waals surface area contributed by atoms with E-state index in [9.17, 15) is 15.0 Å². The molecule has 0 aliphatic heterocycles. The van der Waals surface area contributed by atoms with Crippen LogP contribution in [0, 0.1) is 0 Å². The van der Waals surface area contributed by atoms with Gasteiger partial charge in [-0.1, -0.05) is 11.3 Å². The lowest BCUT2D eigenvalue weighted by atomic mass is 10.1. The summed E-state index contributed by atoms with van der Waals surface area (Å²) in [6.07, 6.45) is 0. The molecule has 0 saturated carbocycles. The second kappa shape index (κ2) is 4.72. The molecule has 23 heavy (non-hydrogen) atoms. The highest BCUT2D eigenvalue weighted by molar-refractivity contribution is 7.22. The quantitative estimate of drug-likeness (QED) is 0.464. The van der Waals surface area contributed by atoms with Gasteiger partial charge >= 0.3 is 0 Å². The minimum atomic E-state index is -0.282. The molecule has 0 spiro atoms. The third-order valence-electron chi connectivity index (χ3n) is 3.52. The third-order valence-corrected chi connectivity index (χ3v) is 4.44. The molecule has 0 fully saturated rings. The van der Waals surface area contributed by atoms with E-state index in [4.69, 9.17) is 10.2 Å². The molecule has 0 amide bonds. The number of fused-ring (bicyclic) bond motifs is 3. The van der Waals surface area contributed by atoms with E-state index in [2.05, 4.69) is 4.98 Å². The lowest BCUT2D eigenvalue weighted by Gasteiger charge is -2.05. The van der Waals surface area contributed by atoms with Gasteiger partial charge in [-0.3, -0.25) is 4.79 Å². The van der Waals surface area contributed by atoms with Crippen LogP contribution in [0.2, 0.25) is 0 Å². The summed E-state index contributed by atoms with van der Waals surface area (Å²) in [6, 6.07) is 8.99. The van der Waals surface area contributed by atoms with Crippen molar-refractivity contribution in [3.05, 3.63) is 46.6 Å². The Labute approximate surface area is 133 Å². The maximum Gasteiger partial charge on any atom is 0.194 e. The van der Waals surface area contributed by atoms with Crippen LogP contribution in [-0.4, -0.2) is 15.2 Å². The van der Waals surface area contributed by atoms with Crippen LogP contribution in [-0.2, 0) is 0 Å². The number of rotatable bonds is 1. The van der Waals surface area contributed by atoms with Gasteiger partial charge in [-0.05, 0) is 30.3 Å². The molecular weight excluding hydrogens is 316 g/mol. The lowest BCUT2D eigenvalue weighted by Crippen LogP contribution is -2.00. The fraction of sp³-hybridized carbons (Fsp3) is 0. The first-order valence-electron chi connectivity index (χ1n) is 6.68. The minimum absolute atomic E-state index is 0.219. The average Bonchev–Trinajstić information content (AvgIpc) is 2.89. The molecule has 2 aromatic carbocycles. The normalized spacial score (nSPS) is 11.3. The summed E-state index contributed by atoms with van der Waals surface area (Å²) >= 11 is 1.24. The summed E-state index contributed by atoms with van der Waals surface area (Å²) < 4.78 is 6.47. The maximum absolute atomic E-state index is 12.5. The molecule has 114 valence electrons. The summed E-state index contributed by atoms with van der Waals surface area (Å²) in [5.41, 5.74) is 7.04. The summed E-state index contributed by atoms with van der Waals surface area (Å²) in [5.74, 6) is -0.218. The van der Waals surface area contributed by atoms with Gasteiger partial charge in [0.15, 0.2) is 22.1 Å². The van der Waals surface area contributed by atoms with E-state index >= 15 is 0 Å². The number of hydrogen-bond donors (Lipinski definition) is 3. The van der Waals surface area contributed by atoms with E-state index in [1.165, 1.54) is 29.5 Å². The Morgan fingerprint density at radius 3 is 2.70 bits per heavy atom. The lowest BCUT2D eigenvalue weighted by molar-refractivity contribution is 0.404. The van der Waals surface area contributed by atoms with E-state index in [0.29, 0.717) is 37.6 Å². The number of phenols is 2. The molecule has 4 rings (SSSR count). The van der Waals surface area contributed by atoms with E-state index in [1.54, 1.807) is 18.2 Å². The largest absolute Gasteiger partial charge is 0.504 e. The molecule has 0 saturated heterocycles. The van der Waals surface area contributed by atoms with Gasteiger partial charge in [0.05, 0.1) is 15.6 Å². The number of hydrogen-bond acceptors (Lipinski definition) is 7. The zero-order valence-corrected chi connectivity index (χ0v) is 12.4. The van der Waals surface area contributed by atoms with Crippen molar-refractivity contribution in [2.24, 2.45) is 0 Å². The highest BCUT2D eigenvalue weighted by Crippen LogP contribution is 2.34. The first kappa shape index (κ1) is 13.6. The van der Waals surface area contributed by atoms with Crippen molar-refractivity contribution in [1.82, 2.24) is 4.98 Å². The topological polar surface area (TPSA) is 110 Å². The minimum Gasteiger partial charge on any atom is -0.504 e. The van der Waals surface area contributed by atoms with Crippen LogP contribution in [0.25, 0.3) is 32.5 Å². The number of nitrogens with zero attached hydrogens (tertiary/aromatic N) is 1. The summed E-state index contributed by atoms with van der Waals surface area (Å²) in [6.45, 7) is 0. The fourth-order valence-electron chi connectivity index (χ4n) is 2.47. The molecule has 4 N–H and O–H groups in total. The van der Waals surface area contributed by atoms with Gasteiger partial charge in [-0.15, -0.1) is 0 Å². The Hall–Kier alpha value is -3.06. The third kappa shape index (κ3) is 2.09. The number of phenolic OH excluding ortho intramolecular Hbond substituents is 2. The molecule has 0 aliphatic carbocycles. The second-order valence-electron chi connectivity index (χ2n) is 5.02. The van der Waals surface area contributed by atoms with Crippen molar-refractivity contribution in [3.8, 4) is 22.8 Å². The van der Waals surface area contributed by atoms with Crippen LogP contribution in [0.15, 0.2) is 45.6 Å². The van der Waals surface area contributed by atoms with Crippen LogP contribution in [0.5, 0.6) is 11.5 Å². The van der Waals surface area contributed by atoms with Crippen LogP contribution in [0.4, 0.5) is 5.13 Å². The van der Waals surface area contributed by atoms with Crippen molar-refractivity contribution in [1.29, 1.82) is 0 Å². The SMILES string of the molecule is Nc1nc2ccc3oc(-c4ccc(O)c(O)c4)cc(=O)c3c2s1. The van der Waals surface area contributed by atoms with Gasteiger partial charge in [0.25, 0.3) is 0 Å². The predicted molar refractivity (Wildman–Crippen MR) is 88.8 cm³/mol. The molecule has 7 heteroatoms. The Morgan fingerprint density at radius 1 is 1.09 bits per heavy atom. The highest BCUT2D eigenvalue weighted by Gasteiger charge is 2.13. The van der Waals surface area contributed by atoms with Crippen molar-refractivity contribution in [3.63, 3.8) is 0 Å². The average molecular weight is 326 g/mol. The number of nitrogen functional groups attached to an aromatic ring is 1. The van der Waals surface area contributed by atoms with Gasteiger partial charge in [0.2, 0.25) is 0 Å². The van der Waals surface area contributed by atoms with Crippen LogP contribution < -0.4 is 11.2 Å². The van der Waals surface area contributed by atoms with Gasteiger partial charge in [-0.25, -0.2) is 4.98 Å². The summed E-state index contributed by atoms with van der Waals surface area (Å²) in [4.78, 5) is 16.7. The van der Waals surface area contributed by atoms with E-state index in [0.717, 1.165) is 0 Å². The molecule has 0 bridgehead atoms. The Bertz CT molecular complexity index is 1130. The fourth-order valence-corrected chi connectivity index (χ4v) is 3.34. The first-order chi connectivity index (χ1) is 11.0. The molecular formula is C16H10N2O4S. The molecule has 4 aromatic rings. The van der Waals surface area contributed by atoms with Crippen molar-refractivity contribution in [2.45, 2.75) is 0 Å². The van der Waals surface area contributed by atoms with E-state index < -0.39 is 0 Å². The van der Waals surface area contributed by atoms with Crippen LogP contribution in [0.1, 0.15) is 0 Å². The number of anilines is 1. The second-order valence-corrected chi connectivity index (χ2v) is 6.05. The van der Waals surface area contributed by atoms with Gasteiger partial charge < -0.3 is 20.4 Å². The number of aromatic hydroxyl groups is 2. The molecule has 0 unspecified atom stereocenters. The van der Waals surface area contributed by atoms with Crippen LogP contribution >= 0.6 is 11.3 Å². The van der Waals surface area contributed by atoms with E-state index in [-0.39, 0.29) is 16.9 Å². The van der Waals surface area contributed by atoms with Crippen molar-refractivity contribution >= 4 is 37.7 Å². The Morgan fingerprint density at radius 2 is 1.91 bits per heavy atom. The number of thiazole rings is 1. The molecule has 0 radical (unpaired) electrons. The highest BCUT2D eigenvalue weighted by atomic mass is 32.1. The summed E-state index contributed by atoms with van der Waals surface area (Å²) in [5, 5.41) is 19.8. The molecule has 0 aliphatic rings.